The molecule has 3 rings (SSSR count). The Morgan fingerprint density at radius 1 is 1.22 bits per heavy atom. The number of H-pyrrole nitrogens is 1. The summed E-state index contributed by atoms with van der Waals surface area (Å²) < 4.78 is 0. The summed E-state index contributed by atoms with van der Waals surface area (Å²) in [5.74, 6) is -0.343. The van der Waals surface area contributed by atoms with Crippen molar-refractivity contribution < 1.29 is 9.90 Å². The van der Waals surface area contributed by atoms with Gasteiger partial charge in [0.05, 0.1) is 10.7 Å². The molecule has 2 aromatic carbocycles. The summed E-state index contributed by atoms with van der Waals surface area (Å²) in [6, 6.07) is 9.94. The number of halogens is 2. The number of benzene rings is 2. The Morgan fingerprint density at radius 2 is 2.00 bits per heavy atom. The second kappa shape index (κ2) is 6.36. The molecule has 0 aliphatic rings. The van der Waals surface area contributed by atoms with Crippen molar-refractivity contribution in [3.63, 3.8) is 0 Å². The molecule has 1 aromatic heterocycles. The van der Waals surface area contributed by atoms with Gasteiger partial charge in [0, 0.05) is 33.8 Å². The van der Waals surface area contributed by atoms with Crippen molar-refractivity contribution in [1.82, 2.24) is 4.98 Å². The van der Waals surface area contributed by atoms with Crippen molar-refractivity contribution >= 4 is 51.8 Å². The SMILES string of the molecule is O=C(C=Cc1c[nH]c2cc(Cl)cc(Cl)c12)Nc1ccccc1O. The Hall–Kier alpha value is -2.43. The fourth-order valence-corrected chi connectivity index (χ4v) is 2.86. The van der Waals surface area contributed by atoms with Crippen LogP contribution in [0.25, 0.3) is 17.0 Å². The highest BCUT2D eigenvalue weighted by Crippen LogP contribution is 2.31. The van der Waals surface area contributed by atoms with Crippen molar-refractivity contribution in [3.05, 3.63) is 64.3 Å². The Kier molecular flexibility index (Phi) is 4.28. The van der Waals surface area contributed by atoms with E-state index in [-0.39, 0.29) is 11.7 Å². The Balaban J connectivity index is 1.83. The van der Waals surface area contributed by atoms with Gasteiger partial charge in [-0.25, -0.2) is 0 Å². The molecule has 0 unspecified atom stereocenters. The number of rotatable bonds is 3. The number of fused-ring (bicyclic) bond motifs is 1. The number of carbonyl (C=O) groups excluding carboxylic acids is 1. The molecule has 3 N–H and O–H groups in total. The topological polar surface area (TPSA) is 65.1 Å². The number of carbonyl (C=O) groups is 1. The van der Waals surface area contributed by atoms with Crippen LogP contribution in [0.4, 0.5) is 5.69 Å². The van der Waals surface area contributed by atoms with Crippen molar-refractivity contribution in [2.45, 2.75) is 0 Å². The van der Waals surface area contributed by atoms with Gasteiger partial charge >= 0.3 is 0 Å². The number of amides is 1. The lowest BCUT2D eigenvalue weighted by Gasteiger charge is -2.03. The lowest BCUT2D eigenvalue weighted by atomic mass is 10.1. The van der Waals surface area contributed by atoms with Gasteiger partial charge in [0.1, 0.15) is 5.75 Å². The van der Waals surface area contributed by atoms with Crippen molar-refractivity contribution in [2.75, 3.05) is 5.32 Å². The van der Waals surface area contributed by atoms with E-state index in [1.807, 2.05) is 0 Å². The highest BCUT2D eigenvalue weighted by molar-refractivity contribution is 6.39. The summed E-state index contributed by atoms with van der Waals surface area (Å²) in [7, 11) is 0. The predicted molar refractivity (Wildman–Crippen MR) is 94.1 cm³/mol. The highest BCUT2D eigenvalue weighted by atomic mass is 35.5. The largest absolute Gasteiger partial charge is 0.506 e. The molecule has 0 saturated carbocycles. The minimum absolute atomic E-state index is 0.0130. The molecule has 0 fully saturated rings. The van der Waals surface area contributed by atoms with Crippen LogP contribution in [0.3, 0.4) is 0 Å². The molecule has 1 heterocycles. The Bertz CT molecular complexity index is 916. The van der Waals surface area contributed by atoms with Crippen LogP contribution in [0.15, 0.2) is 48.7 Å². The normalized spacial score (nSPS) is 11.2. The first-order valence-electron chi connectivity index (χ1n) is 6.78. The monoisotopic (exact) mass is 346 g/mol. The quantitative estimate of drug-likeness (QED) is 0.469. The molecule has 0 radical (unpaired) electrons. The summed E-state index contributed by atoms with van der Waals surface area (Å²) in [5.41, 5.74) is 1.92. The molecule has 116 valence electrons. The number of phenols is 1. The van der Waals surface area contributed by atoms with E-state index in [1.54, 1.807) is 42.6 Å². The molecule has 6 heteroatoms. The van der Waals surface area contributed by atoms with Crippen LogP contribution in [0, 0.1) is 0 Å². The van der Waals surface area contributed by atoms with Crippen LogP contribution in [-0.4, -0.2) is 16.0 Å². The summed E-state index contributed by atoms with van der Waals surface area (Å²) >= 11 is 12.2. The molecule has 3 aromatic rings. The molecular formula is C17H12Cl2N2O2. The van der Waals surface area contributed by atoms with E-state index in [4.69, 9.17) is 23.2 Å². The predicted octanol–water partition coefficient (Wildman–Crippen LogP) is 4.83. The molecule has 23 heavy (non-hydrogen) atoms. The van der Waals surface area contributed by atoms with Crippen molar-refractivity contribution in [3.8, 4) is 5.75 Å². The van der Waals surface area contributed by atoms with E-state index < -0.39 is 0 Å². The summed E-state index contributed by atoms with van der Waals surface area (Å²) in [6.07, 6.45) is 4.77. The third kappa shape index (κ3) is 3.33. The van der Waals surface area contributed by atoms with E-state index in [2.05, 4.69) is 10.3 Å². The van der Waals surface area contributed by atoms with E-state index in [1.165, 1.54) is 12.1 Å². The summed E-state index contributed by atoms with van der Waals surface area (Å²) in [6.45, 7) is 0. The zero-order valence-electron chi connectivity index (χ0n) is 11.8. The number of anilines is 1. The Labute approximate surface area is 142 Å². The standard InChI is InChI=1S/C17H12Cl2N2O2/c18-11-7-12(19)17-10(9-20-14(17)8-11)5-6-16(23)21-13-3-1-2-4-15(13)22/h1-9,20,22H,(H,21,23). The van der Waals surface area contributed by atoms with Crippen molar-refractivity contribution in [1.29, 1.82) is 0 Å². The first-order chi connectivity index (χ1) is 11.0. The van der Waals surface area contributed by atoms with Crippen LogP contribution in [-0.2, 0) is 4.79 Å². The average molecular weight is 347 g/mol. The van der Waals surface area contributed by atoms with Crippen LogP contribution in [0.2, 0.25) is 10.0 Å². The molecule has 0 spiro atoms. The Morgan fingerprint density at radius 3 is 2.78 bits per heavy atom. The van der Waals surface area contributed by atoms with E-state index in [0.717, 1.165) is 16.5 Å². The zero-order chi connectivity index (χ0) is 16.4. The maximum atomic E-state index is 12.0. The van der Waals surface area contributed by atoms with Gasteiger partial charge in [-0.15, -0.1) is 0 Å². The van der Waals surface area contributed by atoms with Crippen LogP contribution in [0.1, 0.15) is 5.56 Å². The van der Waals surface area contributed by atoms with Gasteiger partial charge < -0.3 is 15.4 Å². The summed E-state index contributed by atoms with van der Waals surface area (Å²) in [5, 5.41) is 14.1. The van der Waals surface area contributed by atoms with Crippen LogP contribution < -0.4 is 5.32 Å². The number of phenolic OH excluding ortho intramolecular Hbond substituents is 1. The lowest BCUT2D eigenvalue weighted by Crippen LogP contribution is -2.07. The third-order valence-corrected chi connectivity index (χ3v) is 3.82. The van der Waals surface area contributed by atoms with Gasteiger partial charge in [-0.3, -0.25) is 4.79 Å². The fourth-order valence-electron chi connectivity index (χ4n) is 2.26. The minimum Gasteiger partial charge on any atom is -0.506 e. The number of hydrogen-bond acceptors (Lipinski definition) is 2. The maximum Gasteiger partial charge on any atom is 0.248 e. The van der Waals surface area contributed by atoms with E-state index in [9.17, 15) is 9.90 Å². The maximum absolute atomic E-state index is 12.0. The first-order valence-corrected chi connectivity index (χ1v) is 7.53. The zero-order valence-corrected chi connectivity index (χ0v) is 13.3. The smallest absolute Gasteiger partial charge is 0.248 e. The number of aromatic nitrogens is 1. The van der Waals surface area contributed by atoms with Gasteiger partial charge in [0.2, 0.25) is 5.91 Å². The highest BCUT2D eigenvalue weighted by Gasteiger charge is 2.08. The van der Waals surface area contributed by atoms with Gasteiger partial charge in [0.25, 0.3) is 0 Å². The molecule has 0 atom stereocenters. The first kappa shape index (κ1) is 15.5. The number of aromatic hydroxyl groups is 1. The number of nitrogens with one attached hydrogen (secondary N) is 2. The third-order valence-electron chi connectivity index (χ3n) is 3.30. The number of para-hydroxylation sites is 2. The van der Waals surface area contributed by atoms with E-state index in [0.29, 0.717) is 15.7 Å². The summed E-state index contributed by atoms with van der Waals surface area (Å²) in [4.78, 5) is 15.0. The fraction of sp³-hybridized carbons (Fsp3) is 0. The molecule has 4 nitrogen and oxygen atoms in total. The van der Waals surface area contributed by atoms with E-state index >= 15 is 0 Å². The number of hydrogen-bond donors (Lipinski definition) is 3. The molecule has 0 saturated heterocycles. The van der Waals surface area contributed by atoms with Crippen LogP contribution >= 0.6 is 23.2 Å². The molecule has 1 amide bonds. The minimum atomic E-state index is -0.356. The van der Waals surface area contributed by atoms with Gasteiger partial charge in [-0.05, 0) is 30.3 Å². The van der Waals surface area contributed by atoms with Crippen LogP contribution in [0.5, 0.6) is 5.75 Å². The molecule has 0 aliphatic heterocycles. The average Bonchev–Trinajstić information content (AvgIpc) is 2.90. The van der Waals surface area contributed by atoms with Gasteiger partial charge in [0.15, 0.2) is 0 Å². The molecule has 0 bridgehead atoms. The molecule has 0 aliphatic carbocycles. The van der Waals surface area contributed by atoms with Gasteiger partial charge in [-0.1, -0.05) is 35.3 Å². The number of aromatic amines is 1. The second-order valence-electron chi connectivity index (χ2n) is 4.89. The molecular weight excluding hydrogens is 335 g/mol. The second-order valence-corrected chi connectivity index (χ2v) is 5.74. The van der Waals surface area contributed by atoms with Gasteiger partial charge in [-0.2, -0.15) is 0 Å². The lowest BCUT2D eigenvalue weighted by molar-refractivity contribution is -0.111. The van der Waals surface area contributed by atoms with Crippen molar-refractivity contribution in [2.24, 2.45) is 0 Å².